The topological polar surface area (TPSA) is 58.8 Å². The van der Waals surface area contributed by atoms with Gasteiger partial charge in [-0.15, -0.1) is 24.8 Å². The Balaban J connectivity index is 0.00000196. The number of likely N-dealkylation sites (tertiary alicyclic amines) is 1. The average Bonchev–Trinajstić information content (AvgIpc) is 2.61. The Bertz CT molecular complexity index is 596. The van der Waals surface area contributed by atoms with Gasteiger partial charge >= 0.3 is 0 Å². The summed E-state index contributed by atoms with van der Waals surface area (Å²) in [6.45, 7) is 11.1. The zero-order valence-corrected chi connectivity index (χ0v) is 18.8. The molecule has 1 aromatic carbocycles. The van der Waals surface area contributed by atoms with Crippen LogP contribution in [-0.2, 0) is 9.53 Å². The number of ether oxygens (including phenoxy) is 1. The molecule has 0 saturated carbocycles. The lowest BCUT2D eigenvalue weighted by molar-refractivity contribution is -0.134. The van der Waals surface area contributed by atoms with Gasteiger partial charge < -0.3 is 15.4 Å². The zero-order valence-electron chi connectivity index (χ0n) is 17.2. The SMILES string of the molecule is Cc1ccc(C(N)C(=O)N2CCC(CN3CC(C)OC(C)C3)CC2)cc1.Cl.Cl. The number of nitrogens with two attached hydrogens (primary N) is 1. The van der Waals surface area contributed by atoms with Gasteiger partial charge in [-0.1, -0.05) is 29.8 Å². The molecule has 160 valence electrons. The van der Waals surface area contributed by atoms with Crippen molar-refractivity contribution in [3.63, 3.8) is 0 Å². The number of hydrogen-bond acceptors (Lipinski definition) is 4. The number of carbonyl (C=O) groups is 1. The standard InChI is InChI=1S/C21H33N3O2.2ClH/c1-15-4-6-19(7-5-15)20(22)21(25)24-10-8-18(9-11-24)14-23-12-16(2)26-17(3)13-23;;/h4-7,16-18,20H,8-14,22H2,1-3H3;2*1H. The Hall–Kier alpha value is -0.850. The van der Waals surface area contributed by atoms with E-state index < -0.39 is 6.04 Å². The Kier molecular flexibility index (Phi) is 10.2. The summed E-state index contributed by atoms with van der Waals surface area (Å²) in [4.78, 5) is 17.2. The monoisotopic (exact) mass is 431 g/mol. The van der Waals surface area contributed by atoms with Crippen LogP contribution in [0.3, 0.4) is 0 Å². The predicted octanol–water partition coefficient (Wildman–Crippen LogP) is 3.19. The maximum atomic E-state index is 12.7. The summed E-state index contributed by atoms with van der Waals surface area (Å²) < 4.78 is 5.82. The number of rotatable bonds is 4. The van der Waals surface area contributed by atoms with Crippen molar-refractivity contribution in [2.75, 3.05) is 32.7 Å². The number of aryl methyl sites for hydroxylation is 1. The molecule has 5 nitrogen and oxygen atoms in total. The minimum absolute atomic E-state index is 0. The van der Waals surface area contributed by atoms with Crippen molar-refractivity contribution >= 4 is 30.7 Å². The highest BCUT2D eigenvalue weighted by atomic mass is 35.5. The summed E-state index contributed by atoms with van der Waals surface area (Å²) in [5, 5.41) is 0. The van der Waals surface area contributed by atoms with Gasteiger partial charge in [-0.25, -0.2) is 0 Å². The highest BCUT2D eigenvalue weighted by Crippen LogP contribution is 2.23. The molecule has 2 aliphatic heterocycles. The van der Waals surface area contributed by atoms with Crippen LogP contribution in [0.15, 0.2) is 24.3 Å². The van der Waals surface area contributed by atoms with E-state index in [1.54, 1.807) is 0 Å². The average molecular weight is 432 g/mol. The summed E-state index contributed by atoms with van der Waals surface area (Å²) in [7, 11) is 0. The molecular formula is C21H35Cl2N3O2. The Morgan fingerprint density at radius 1 is 1.11 bits per heavy atom. The summed E-state index contributed by atoms with van der Waals surface area (Å²) in [6, 6.07) is 7.41. The minimum Gasteiger partial charge on any atom is -0.373 e. The van der Waals surface area contributed by atoms with Crippen molar-refractivity contribution in [2.45, 2.75) is 51.9 Å². The van der Waals surface area contributed by atoms with Crippen LogP contribution in [0, 0.1) is 12.8 Å². The molecule has 1 aromatic rings. The van der Waals surface area contributed by atoms with Crippen molar-refractivity contribution < 1.29 is 9.53 Å². The number of morpholine rings is 1. The van der Waals surface area contributed by atoms with Crippen LogP contribution in [0.4, 0.5) is 0 Å². The molecule has 7 heteroatoms. The number of benzene rings is 1. The highest BCUT2D eigenvalue weighted by molar-refractivity contribution is 5.85. The zero-order chi connectivity index (χ0) is 18.7. The Morgan fingerprint density at radius 3 is 2.18 bits per heavy atom. The van der Waals surface area contributed by atoms with Crippen LogP contribution in [-0.4, -0.2) is 60.6 Å². The van der Waals surface area contributed by atoms with Crippen LogP contribution in [0.25, 0.3) is 0 Å². The van der Waals surface area contributed by atoms with Gasteiger partial charge in [0.1, 0.15) is 6.04 Å². The third-order valence-corrected chi connectivity index (χ3v) is 5.64. The largest absolute Gasteiger partial charge is 0.373 e. The van der Waals surface area contributed by atoms with E-state index in [4.69, 9.17) is 10.5 Å². The second kappa shape index (κ2) is 11.4. The number of carbonyl (C=O) groups excluding carboxylic acids is 1. The number of amides is 1. The van der Waals surface area contributed by atoms with E-state index in [2.05, 4.69) is 18.7 Å². The first-order chi connectivity index (χ1) is 12.4. The summed E-state index contributed by atoms with van der Waals surface area (Å²) in [6.07, 6.45) is 2.75. The summed E-state index contributed by atoms with van der Waals surface area (Å²) >= 11 is 0. The van der Waals surface area contributed by atoms with Gasteiger partial charge in [0.2, 0.25) is 5.91 Å². The lowest BCUT2D eigenvalue weighted by Crippen LogP contribution is -2.49. The molecular weight excluding hydrogens is 397 g/mol. The van der Waals surface area contributed by atoms with E-state index in [0.29, 0.717) is 18.1 Å². The molecule has 3 atom stereocenters. The Labute approximate surface area is 181 Å². The molecule has 2 fully saturated rings. The van der Waals surface area contributed by atoms with E-state index in [0.717, 1.165) is 51.1 Å². The van der Waals surface area contributed by atoms with Crippen molar-refractivity contribution in [1.29, 1.82) is 0 Å². The van der Waals surface area contributed by atoms with Crippen molar-refractivity contribution in [3.05, 3.63) is 35.4 Å². The summed E-state index contributed by atoms with van der Waals surface area (Å²) in [5.74, 6) is 0.716. The maximum absolute atomic E-state index is 12.7. The van der Waals surface area contributed by atoms with Crippen molar-refractivity contribution in [1.82, 2.24) is 9.80 Å². The quantitative estimate of drug-likeness (QED) is 0.794. The van der Waals surface area contributed by atoms with Crippen LogP contribution in [0.5, 0.6) is 0 Å². The maximum Gasteiger partial charge on any atom is 0.244 e. The van der Waals surface area contributed by atoms with Crippen LogP contribution in [0.1, 0.15) is 43.9 Å². The van der Waals surface area contributed by atoms with Crippen LogP contribution < -0.4 is 5.73 Å². The first kappa shape index (κ1) is 25.2. The van der Waals surface area contributed by atoms with Gasteiger partial charge in [-0.05, 0) is 45.1 Å². The van der Waals surface area contributed by atoms with Gasteiger partial charge in [0, 0.05) is 32.7 Å². The molecule has 0 bridgehead atoms. The van der Waals surface area contributed by atoms with Crippen molar-refractivity contribution in [2.24, 2.45) is 11.7 Å². The van der Waals surface area contributed by atoms with Gasteiger partial charge in [-0.3, -0.25) is 9.69 Å². The Morgan fingerprint density at radius 2 is 1.64 bits per heavy atom. The third kappa shape index (κ3) is 6.60. The lowest BCUT2D eigenvalue weighted by atomic mass is 9.94. The fourth-order valence-electron chi connectivity index (χ4n) is 4.25. The fourth-order valence-corrected chi connectivity index (χ4v) is 4.25. The number of piperidine rings is 1. The van der Waals surface area contributed by atoms with Crippen LogP contribution >= 0.6 is 24.8 Å². The molecule has 3 rings (SSSR count). The minimum atomic E-state index is -0.548. The number of halogens is 2. The van der Waals surface area contributed by atoms with E-state index >= 15 is 0 Å². The molecule has 2 N–H and O–H groups in total. The van der Waals surface area contributed by atoms with Crippen molar-refractivity contribution in [3.8, 4) is 0 Å². The molecule has 2 heterocycles. The first-order valence-corrected chi connectivity index (χ1v) is 9.91. The molecule has 3 unspecified atom stereocenters. The molecule has 0 aliphatic carbocycles. The molecule has 0 spiro atoms. The highest BCUT2D eigenvalue weighted by Gasteiger charge is 2.29. The van der Waals surface area contributed by atoms with E-state index in [-0.39, 0.29) is 30.7 Å². The molecule has 0 aromatic heterocycles. The molecule has 2 aliphatic rings. The fraction of sp³-hybridized carbons (Fsp3) is 0.667. The number of nitrogens with zero attached hydrogens (tertiary/aromatic N) is 2. The first-order valence-electron chi connectivity index (χ1n) is 9.91. The van der Waals surface area contributed by atoms with E-state index in [1.165, 1.54) is 5.56 Å². The smallest absolute Gasteiger partial charge is 0.244 e. The second-order valence-corrected chi connectivity index (χ2v) is 8.13. The third-order valence-electron chi connectivity index (χ3n) is 5.64. The molecule has 1 amide bonds. The molecule has 28 heavy (non-hydrogen) atoms. The summed E-state index contributed by atoms with van der Waals surface area (Å²) in [5.41, 5.74) is 8.30. The van der Waals surface area contributed by atoms with Gasteiger partial charge in [-0.2, -0.15) is 0 Å². The molecule has 2 saturated heterocycles. The lowest BCUT2D eigenvalue weighted by Gasteiger charge is -2.39. The van der Waals surface area contributed by atoms with E-state index in [9.17, 15) is 4.79 Å². The van der Waals surface area contributed by atoms with Gasteiger partial charge in [0.25, 0.3) is 0 Å². The van der Waals surface area contributed by atoms with Crippen LogP contribution in [0.2, 0.25) is 0 Å². The predicted molar refractivity (Wildman–Crippen MR) is 118 cm³/mol. The van der Waals surface area contributed by atoms with E-state index in [1.807, 2.05) is 36.1 Å². The second-order valence-electron chi connectivity index (χ2n) is 8.13. The number of hydrogen-bond donors (Lipinski definition) is 1. The normalized spacial score (nSPS) is 24.8. The molecule has 0 radical (unpaired) electrons. The van der Waals surface area contributed by atoms with Gasteiger partial charge in [0.05, 0.1) is 12.2 Å². The van der Waals surface area contributed by atoms with Gasteiger partial charge in [0.15, 0.2) is 0 Å².